The van der Waals surface area contributed by atoms with Crippen molar-refractivity contribution in [3.63, 3.8) is 0 Å². The lowest BCUT2D eigenvalue weighted by Gasteiger charge is -2.40. The average molecular weight is 460 g/mol. The van der Waals surface area contributed by atoms with Gasteiger partial charge >= 0.3 is 6.03 Å². The maximum Gasteiger partial charge on any atom is 0.324 e. The van der Waals surface area contributed by atoms with Gasteiger partial charge in [0.2, 0.25) is 0 Å². The molecule has 1 aromatic heterocycles. The number of amides is 3. The van der Waals surface area contributed by atoms with Gasteiger partial charge in [-0.3, -0.25) is 10.1 Å². The van der Waals surface area contributed by atoms with Gasteiger partial charge in [0.15, 0.2) is 5.79 Å². The minimum atomic E-state index is -0.663. The summed E-state index contributed by atoms with van der Waals surface area (Å²) in [5.41, 5.74) is 2.69. The first kappa shape index (κ1) is 20.9. The largest absolute Gasteiger partial charge is 0.496 e. The molecule has 0 saturated carbocycles. The van der Waals surface area contributed by atoms with Crippen molar-refractivity contribution in [2.24, 2.45) is 0 Å². The van der Waals surface area contributed by atoms with Crippen LogP contribution in [0.25, 0.3) is 10.9 Å². The zero-order valence-electron chi connectivity index (χ0n) is 18.7. The molecule has 6 rings (SSSR count). The quantitative estimate of drug-likeness (QED) is 0.614. The Bertz CT molecular complexity index is 1300. The van der Waals surface area contributed by atoms with Crippen LogP contribution >= 0.6 is 0 Å². The van der Waals surface area contributed by atoms with E-state index in [1.807, 2.05) is 29.2 Å². The van der Waals surface area contributed by atoms with Crippen LogP contribution in [0.4, 0.5) is 16.3 Å². The Balaban J connectivity index is 1.27. The predicted molar refractivity (Wildman–Crippen MR) is 125 cm³/mol. The zero-order chi connectivity index (χ0) is 23.3. The highest BCUT2D eigenvalue weighted by atomic mass is 16.7. The van der Waals surface area contributed by atoms with Gasteiger partial charge in [0.1, 0.15) is 11.6 Å². The highest BCUT2D eigenvalue weighted by Gasteiger charge is 2.50. The maximum absolute atomic E-state index is 13.1. The van der Waals surface area contributed by atoms with E-state index in [9.17, 15) is 9.59 Å². The van der Waals surface area contributed by atoms with E-state index >= 15 is 0 Å². The van der Waals surface area contributed by atoms with Crippen molar-refractivity contribution in [1.29, 1.82) is 0 Å². The smallest absolute Gasteiger partial charge is 0.324 e. The molecule has 2 N–H and O–H groups in total. The minimum Gasteiger partial charge on any atom is -0.496 e. The van der Waals surface area contributed by atoms with Crippen LogP contribution in [0, 0.1) is 0 Å². The number of pyridine rings is 1. The lowest BCUT2D eigenvalue weighted by Crippen LogP contribution is -2.46. The fraction of sp³-hybridized carbons (Fsp3) is 0.320. The number of rotatable bonds is 3. The Labute approximate surface area is 196 Å². The number of ether oxygens (including phenoxy) is 3. The first-order chi connectivity index (χ1) is 16.6. The van der Waals surface area contributed by atoms with Crippen molar-refractivity contribution >= 4 is 34.3 Å². The van der Waals surface area contributed by atoms with Gasteiger partial charge in [-0.1, -0.05) is 18.2 Å². The number of methoxy groups -OCH3 is 1. The zero-order valence-corrected chi connectivity index (χ0v) is 18.7. The summed E-state index contributed by atoms with van der Waals surface area (Å²) in [6.07, 6.45) is 1.18. The number of anilines is 2. The summed E-state index contributed by atoms with van der Waals surface area (Å²) < 4.78 is 17.3. The van der Waals surface area contributed by atoms with E-state index in [-0.39, 0.29) is 11.9 Å². The van der Waals surface area contributed by atoms with Crippen LogP contribution in [0.2, 0.25) is 0 Å². The Hall–Kier alpha value is -3.69. The summed E-state index contributed by atoms with van der Waals surface area (Å²) in [7, 11) is 1.58. The SMILES string of the molecule is COc1cc(NC(=O)Nc2cccc3c2C2CC4(CCN2C3=O)OCCO4)nc2ccccc12. The molecule has 4 heterocycles. The maximum atomic E-state index is 13.1. The van der Waals surface area contributed by atoms with E-state index in [2.05, 4.69) is 15.6 Å². The summed E-state index contributed by atoms with van der Waals surface area (Å²) in [4.78, 5) is 32.4. The molecule has 0 bridgehead atoms. The molecule has 3 aromatic rings. The third-order valence-electron chi connectivity index (χ3n) is 6.75. The topological polar surface area (TPSA) is 102 Å². The third kappa shape index (κ3) is 3.36. The molecule has 174 valence electrons. The molecular formula is C25H24N4O5. The van der Waals surface area contributed by atoms with Crippen molar-refractivity contribution in [1.82, 2.24) is 9.88 Å². The van der Waals surface area contributed by atoms with Gasteiger partial charge < -0.3 is 24.4 Å². The number of nitrogens with one attached hydrogen (secondary N) is 2. The summed E-state index contributed by atoms with van der Waals surface area (Å²) in [5.74, 6) is 0.289. The van der Waals surface area contributed by atoms with E-state index < -0.39 is 11.8 Å². The second kappa shape index (κ2) is 7.96. The number of hydrogen-bond acceptors (Lipinski definition) is 6. The molecule has 3 aliphatic heterocycles. The summed E-state index contributed by atoms with van der Waals surface area (Å²) >= 11 is 0. The predicted octanol–water partition coefficient (Wildman–Crippen LogP) is 3.92. The van der Waals surface area contributed by atoms with Crippen molar-refractivity contribution in [3.8, 4) is 5.75 Å². The summed E-state index contributed by atoms with van der Waals surface area (Å²) in [6, 6.07) is 14.0. The monoisotopic (exact) mass is 460 g/mol. The molecule has 3 amide bonds. The number of aromatic nitrogens is 1. The second-order valence-corrected chi connectivity index (χ2v) is 8.65. The average Bonchev–Trinajstić information content (AvgIpc) is 3.41. The Morgan fingerprint density at radius 3 is 2.79 bits per heavy atom. The van der Waals surface area contributed by atoms with E-state index in [1.54, 1.807) is 31.4 Å². The van der Waals surface area contributed by atoms with Crippen LogP contribution in [0.15, 0.2) is 48.5 Å². The van der Waals surface area contributed by atoms with Crippen LogP contribution in [0.3, 0.4) is 0 Å². The Morgan fingerprint density at radius 1 is 1.15 bits per heavy atom. The number of piperidine rings is 1. The number of fused-ring (bicyclic) bond motifs is 4. The molecule has 0 radical (unpaired) electrons. The van der Waals surface area contributed by atoms with E-state index in [0.29, 0.717) is 60.9 Å². The highest BCUT2D eigenvalue weighted by molar-refractivity contribution is 6.05. The molecular weight excluding hydrogens is 436 g/mol. The molecule has 3 aliphatic rings. The fourth-order valence-electron chi connectivity index (χ4n) is 5.23. The van der Waals surface area contributed by atoms with Crippen LogP contribution in [0.5, 0.6) is 5.75 Å². The fourth-order valence-corrected chi connectivity index (χ4v) is 5.23. The van der Waals surface area contributed by atoms with Crippen molar-refractivity contribution in [2.75, 3.05) is 37.5 Å². The van der Waals surface area contributed by atoms with Gasteiger partial charge in [0.05, 0.1) is 31.9 Å². The molecule has 2 aromatic carbocycles. The van der Waals surface area contributed by atoms with Gasteiger partial charge in [-0.25, -0.2) is 9.78 Å². The van der Waals surface area contributed by atoms with Gasteiger partial charge in [0, 0.05) is 47.7 Å². The molecule has 9 heteroatoms. The number of para-hydroxylation sites is 1. The molecule has 34 heavy (non-hydrogen) atoms. The van der Waals surface area contributed by atoms with Crippen molar-refractivity contribution in [2.45, 2.75) is 24.7 Å². The molecule has 1 spiro atoms. The van der Waals surface area contributed by atoms with Crippen LogP contribution < -0.4 is 15.4 Å². The molecule has 2 fully saturated rings. The minimum absolute atomic E-state index is 0.0298. The molecule has 1 unspecified atom stereocenters. The second-order valence-electron chi connectivity index (χ2n) is 8.65. The molecule has 0 aliphatic carbocycles. The lowest BCUT2D eigenvalue weighted by molar-refractivity contribution is -0.191. The summed E-state index contributed by atoms with van der Waals surface area (Å²) in [5, 5.41) is 6.57. The number of carbonyl (C=O) groups excluding carboxylic acids is 2. The number of nitrogens with zero attached hydrogens (tertiary/aromatic N) is 2. The first-order valence-corrected chi connectivity index (χ1v) is 11.3. The van der Waals surface area contributed by atoms with Crippen LogP contribution in [-0.2, 0) is 9.47 Å². The third-order valence-corrected chi connectivity index (χ3v) is 6.75. The molecule has 9 nitrogen and oxygen atoms in total. The van der Waals surface area contributed by atoms with E-state index in [1.165, 1.54) is 0 Å². The number of benzene rings is 2. The number of hydrogen-bond donors (Lipinski definition) is 2. The highest BCUT2D eigenvalue weighted by Crippen LogP contribution is 2.48. The van der Waals surface area contributed by atoms with E-state index in [0.717, 1.165) is 10.9 Å². The van der Waals surface area contributed by atoms with Gasteiger partial charge in [0.25, 0.3) is 5.91 Å². The van der Waals surface area contributed by atoms with Gasteiger partial charge in [-0.15, -0.1) is 0 Å². The first-order valence-electron chi connectivity index (χ1n) is 11.3. The molecule has 2 saturated heterocycles. The Morgan fingerprint density at radius 2 is 1.97 bits per heavy atom. The van der Waals surface area contributed by atoms with Crippen molar-refractivity contribution < 1.29 is 23.8 Å². The van der Waals surface area contributed by atoms with Gasteiger partial charge in [-0.2, -0.15) is 0 Å². The van der Waals surface area contributed by atoms with Crippen LogP contribution in [0.1, 0.15) is 34.8 Å². The summed E-state index contributed by atoms with van der Waals surface area (Å²) in [6.45, 7) is 1.65. The molecule has 1 atom stereocenters. The Kier molecular flexibility index (Phi) is 4.89. The number of urea groups is 1. The van der Waals surface area contributed by atoms with Crippen LogP contribution in [-0.4, -0.2) is 54.5 Å². The normalized spacial score (nSPS) is 20.3. The van der Waals surface area contributed by atoms with Crippen molar-refractivity contribution in [3.05, 3.63) is 59.7 Å². The standard InChI is InChI=1S/C25H24N4O5/c1-32-20-13-21(26-17-7-3-2-5-15(17)20)28-24(31)27-18-8-4-6-16-22(18)19-14-25(33-11-12-34-25)9-10-29(19)23(16)30/h2-8,13,19H,9-12,14H2,1H3,(H2,26,27,28,31). The lowest BCUT2D eigenvalue weighted by atomic mass is 9.91. The van der Waals surface area contributed by atoms with E-state index in [4.69, 9.17) is 14.2 Å². The van der Waals surface area contributed by atoms with Gasteiger partial charge in [-0.05, 0) is 24.3 Å². The number of carbonyl (C=O) groups is 2.